The number of carbonyl (C=O) groups is 3. The third kappa shape index (κ3) is 6.02. The van der Waals surface area contributed by atoms with Gasteiger partial charge in [-0.2, -0.15) is 5.10 Å². The summed E-state index contributed by atoms with van der Waals surface area (Å²) < 4.78 is 23.2. The van der Waals surface area contributed by atoms with E-state index in [0.717, 1.165) is 16.8 Å². The lowest BCUT2D eigenvalue weighted by atomic mass is 9.95. The molecule has 0 fully saturated rings. The maximum absolute atomic E-state index is 13.4. The van der Waals surface area contributed by atoms with Crippen LogP contribution in [0.25, 0.3) is 0 Å². The molecule has 206 valence electrons. The zero-order valence-corrected chi connectivity index (χ0v) is 22.8. The van der Waals surface area contributed by atoms with Gasteiger partial charge in [-0.1, -0.05) is 19.1 Å². The van der Waals surface area contributed by atoms with Crippen LogP contribution in [0.2, 0.25) is 0 Å². The molecule has 4 rings (SSSR count). The highest BCUT2D eigenvalue weighted by atomic mass is 16.2. The van der Waals surface area contributed by atoms with Gasteiger partial charge in [0.15, 0.2) is 5.69 Å². The molecular weight excluding hydrogens is 496 g/mol. The van der Waals surface area contributed by atoms with E-state index in [9.17, 15) is 14.4 Å². The van der Waals surface area contributed by atoms with Crippen molar-refractivity contribution in [3.05, 3.63) is 70.7 Å². The normalized spacial score (nSPS) is 16.0. The van der Waals surface area contributed by atoms with Crippen LogP contribution in [-0.4, -0.2) is 65.1 Å². The summed E-state index contributed by atoms with van der Waals surface area (Å²) in [6.07, 6.45) is 1.57. The third-order valence-corrected chi connectivity index (χ3v) is 6.57. The topological polar surface area (TPSA) is 124 Å². The summed E-state index contributed by atoms with van der Waals surface area (Å²) >= 11 is 0. The van der Waals surface area contributed by atoms with E-state index in [1.54, 1.807) is 50.6 Å². The maximum Gasteiger partial charge on any atom is 0.318 e. The molecule has 1 aliphatic rings. The van der Waals surface area contributed by atoms with Gasteiger partial charge in [-0.3, -0.25) is 14.3 Å². The Kier molecular flexibility index (Phi) is 7.01. The Balaban J connectivity index is 1.48. The Morgan fingerprint density at radius 1 is 1.15 bits per heavy atom. The highest BCUT2D eigenvalue weighted by Gasteiger charge is 2.33. The predicted octanol–water partition coefficient (Wildman–Crippen LogP) is 3.37. The van der Waals surface area contributed by atoms with Crippen molar-refractivity contribution in [2.24, 2.45) is 0 Å². The van der Waals surface area contributed by atoms with Crippen LogP contribution in [0.1, 0.15) is 74.5 Å². The van der Waals surface area contributed by atoms with Crippen LogP contribution in [0.3, 0.4) is 0 Å². The summed E-state index contributed by atoms with van der Waals surface area (Å²) in [6.45, 7) is 4.94. The van der Waals surface area contributed by atoms with Crippen LogP contribution in [-0.2, 0) is 13.1 Å². The number of nitrogens with one attached hydrogen (secondary N) is 3. The lowest BCUT2D eigenvalue weighted by Gasteiger charge is -2.33. The summed E-state index contributed by atoms with van der Waals surface area (Å²) in [5.74, 6) is 0.370. The molecule has 1 aromatic carbocycles. The Morgan fingerprint density at radius 3 is 2.51 bits per heavy atom. The number of hydrogen-bond donors (Lipinski definition) is 3. The first kappa shape index (κ1) is 23.7. The average molecular weight is 536 g/mol. The van der Waals surface area contributed by atoms with Crippen molar-refractivity contribution in [3.8, 4) is 0 Å². The molecule has 0 radical (unpaired) electrons. The number of amides is 4. The molecule has 0 spiro atoms. The quantitative estimate of drug-likeness (QED) is 0.426. The number of fused-ring (bicyclic) bond motifs is 1. The van der Waals surface area contributed by atoms with Crippen LogP contribution in [0.4, 0.5) is 16.3 Å². The lowest BCUT2D eigenvalue weighted by Crippen LogP contribution is -2.35. The second-order valence-corrected chi connectivity index (χ2v) is 10.1. The Hall–Kier alpha value is -4.41. The molecule has 0 unspecified atom stereocenters. The van der Waals surface area contributed by atoms with Crippen LogP contribution in [0.5, 0.6) is 0 Å². The van der Waals surface area contributed by atoms with E-state index < -0.39 is 13.0 Å². The van der Waals surface area contributed by atoms with Gasteiger partial charge in [0, 0.05) is 79.9 Å². The number of pyridine rings is 1. The van der Waals surface area contributed by atoms with Gasteiger partial charge in [-0.25, -0.2) is 9.78 Å². The van der Waals surface area contributed by atoms with Crippen molar-refractivity contribution in [3.63, 3.8) is 0 Å². The average Bonchev–Trinajstić information content (AvgIpc) is 3.32. The number of aromatic nitrogens is 3. The third-order valence-electron chi connectivity index (χ3n) is 6.57. The minimum absolute atomic E-state index is 0.0614. The molecule has 0 aliphatic carbocycles. The highest BCUT2D eigenvalue weighted by Crippen LogP contribution is 2.34. The first-order valence-corrected chi connectivity index (χ1v) is 12.7. The van der Waals surface area contributed by atoms with Crippen molar-refractivity contribution in [2.45, 2.75) is 45.8 Å². The molecule has 1 atom stereocenters. The van der Waals surface area contributed by atoms with Crippen LogP contribution in [0, 0.1) is 0 Å². The van der Waals surface area contributed by atoms with Gasteiger partial charge in [0.2, 0.25) is 0 Å². The SMILES string of the molecule is [2H]C([2H])([2H])NC(=O)Nc1ccc(CNC(=O)c2nn(C(C)C)c3c2CN(c2ccc(C(=O)N(C)C)cn2)C[C@@H]3C)cc1. The maximum atomic E-state index is 13.4. The number of nitrogens with zero attached hydrogens (tertiary/aromatic N) is 5. The molecule has 0 bridgehead atoms. The van der Waals surface area contributed by atoms with E-state index in [0.29, 0.717) is 35.9 Å². The minimum Gasteiger partial charge on any atom is -0.351 e. The summed E-state index contributed by atoms with van der Waals surface area (Å²) in [5, 5.41) is 12.0. The molecular formula is C28H36N8O3. The van der Waals surface area contributed by atoms with Crippen LogP contribution >= 0.6 is 0 Å². The minimum atomic E-state index is -2.58. The van der Waals surface area contributed by atoms with E-state index in [-0.39, 0.29) is 30.3 Å². The molecule has 3 aromatic rings. The highest BCUT2D eigenvalue weighted by molar-refractivity contribution is 5.95. The lowest BCUT2D eigenvalue weighted by molar-refractivity contribution is 0.0826. The summed E-state index contributed by atoms with van der Waals surface area (Å²) in [5.41, 5.74) is 3.93. The van der Waals surface area contributed by atoms with E-state index in [1.165, 1.54) is 4.90 Å². The first-order valence-electron chi connectivity index (χ1n) is 14.2. The molecule has 11 nitrogen and oxygen atoms in total. The molecule has 0 saturated carbocycles. The van der Waals surface area contributed by atoms with Gasteiger partial charge in [0.1, 0.15) is 5.82 Å². The largest absolute Gasteiger partial charge is 0.351 e. The summed E-state index contributed by atoms with van der Waals surface area (Å²) in [4.78, 5) is 45.6. The second-order valence-electron chi connectivity index (χ2n) is 10.1. The number of anilines is 2. The zero-order valence-electron chi connectivity index (χ0n) is 25.8. The van der Waals surface area contributed by atoms with Crippen molar-refractivity contribution in [1.82, 2.24) is 30.3 Å². The smallest absolute Gasteiger partial charge is 0.318 e. The second kappa shape index (κ2) is 11.5. The molecule has 2 aromatic heterocycles. The fraction of sp³-hybridized carbons (Fsp3) is 0.393. The van der Waals surface area contributed by atoms with E-state index in [1.807, 2.05) is 29.9 Å². The molecule has 3 N–H and O–H groups in total. The van der Waals surface area contributed by atoms with Gasteiger partial charge in [0.05, 0.1) is 5.56 Å². The molecule has 4 amide bonds. The first-order chi connectivity index (χ1) is 19.7. The van der Waals surface area contributed by atoms with Gasteiger partial charge in [0.25, 0.3) is 11.8 Å². The monoisotopic (exact) mass is 535 g/mol. The van der Waals surface area contributed by atoms with Crippen molar-refractivity contribution >= 4 is 29.4 Å². The fourth-order valence-corrected chi connectivity index (χ4v) is 4.68. The van der Waals surface area contributed by atoms with E-state index >= 15 is 0 Å². The zero-order chi connectivity index (χ0) is 30.8. The van der Waals surface area contributed by atoms with Gasteiger partial charge in [-0.05, 0) is 43.7 Å². The van der Waals surface area contributed by atoms with Crippen LogP contribution < -0.4 is 20.9 Å². The van der Waals surface area contributed by atoms with Crippen molar-refractivity contribution in [2.75, 3.05) is 37.8 Å². The standard InChI is InChI=1S/C28H36N8O3/c1-17(2)36-25-18(3)15-35(23-12-9-20(14-30-23)27(38)34(5)6)16-22(25)24(33-36)26(37)31-13-19-7-10-21(11-8-19)32-28(39)29-4/h7-12,14,17-18H,13,15-16H2,1-6H3,(H,31,37)(H2,29,32,39)/t18-/m0/s1/i4D3. The molecule has 0 saturated heterocycles. The number of rotatable bonds is 7. The van der Waals surface area contributed by atoms with Crippen molar-refractivity contribution in [1.29, 1.82) is 0 Å². The Morgan fingerprint density at radius 2 is 1.90 bits per heavy atom. The molecule has 3 heterocycles. The van der Waals surface area contributed by atoms with E-state index in [4.69, 9.17) is 9.21 Å². The van der Waals surface area contributed by atoms with Crippen molar-refractivity contribution < 1.29 is 18.5 Å². The van der Waals surface area contributed by atoms with E-state index in [2.05, 4.69) is 27.4 Å². The van der Waals surface area contributed by atoms with Gasteiger partial charge < -0.3 is 25.8 Å². The number of carbonyl (C=O) groups excluding carboxylic acids is 3. The number of urea groups is 1. The Bertz CT molecular complexity index is 1450. The van der Waals surface area contributed by atoms with Crippen LogP contribution in [0.15, 0.2) is 42.6 Å². The number of benzene rings is 1. The summed E-state index contributed by atoms with van der Waals surface area (Å²) in [7, 11) is 3.39. The Labute approximate surface area is 232 Å². The summed E-state index contributed by atoms with van der Waals surface area (Å²) in [6, 6.07) is 9.52. The molecule has 1 aliphatic heterocycles. The van der Waals surface area contributed by atoms with Gasteiger partial charge >= 0.3 is 6.03 Å². The van der Waals surface area contributed by atoms with Gasteiger partial charge in [-0.15, -0.1) is 0 Å². The predicted molar refractivity (Wildman–Crippen MR) is 150 cm³/mol. The number of hydrogen-bond acceptors (Lipinski definition) is 6. The molecule has 39 heavy (non-hydrogen) atoms. The fourth-order valence-electron chi connectivity index (χ4n) is 4.68. The molecule has 11 heteroatoms.